The first kappa shape index (κ1) is 26.2. The van der Waals surface area contributed by atoms with Gasteiger partial charge in [-0.3, -0.25) is 14.7 Å². The molecule has 6 rings (SSSR count). The van der Waals surface area contributed by atoms with Crippen molar-refractivity contribution in [2.45, 2.75) is 24.9 Å². The molecule has 0 N–H and O–H groups in total. The fourth-order valence-electron chi connectivity index (χ4n) is 5.07. The number of carbonyl (C=O) groups is 1. The molecule has 0 bridgehead atoms. The maximum atomic E-state index is 13.1. The second-order valence-corrected chi connectivity index (χ2v) is 14.4. The standard InChI is InChI=1S/C28H25N3O4S4/c1-35-22-10-6-19(7-11-22)24-16-23(25-3-2-13-37-25)29-31(24)20-8-4-18(5-9-20)15-26-27(32)30(28(36)38-26)21-12-14-39(33,34)17-21/h2-11,13,15,21,24H,12,14,16-17H2,1H3/b26-15-/t21-,24-/m1/s1. The Kier molecular flexibility index (Phi) is 7.09. The van der Waals surface area contributed by atoms with Crippen molar-refractivity contribution >= 4 is 72.9 Å². The van der Waals surface area contributed by atoms with E-state index in [1.54, 1.807) is 18.4 Å². The minimum Gasteiger partial charge on any atom is -0.497 e. The van der Waals surface area contributed by atoms with Gasteiger partial charge in [-0.15, -0.1) is 11.3 Å². The van der Waals surface area contributed by atoms with Crippen molar-refractivity contribution in [3.63, 3.8) is 0 Å². The molecular formula is C28H25N3O4S4. The van der Waals surface area contributed by atoms with Gasteiger partial charge in [-0.05, 0) is 59.3 Å². The molecule has 1 aromatic heterocycles. The summed E-state index contributed by atoms with van der Waals surface area (Å²) in [6.45, 7) is 0. The van der Waals surface area contributed by atoms with Crippen LogP contribution in [0.1, 0.15) is 34.9 Å². The number of amides is 1. The predicted molar refractivity (Wildman–Crippen MR) is 162 cm³/mol. The SMILES string of the molecule is COc1ccc([C@H]2CC(c3cccs3)=NN2c2ccc(/C=C3\SC(=S)N([C@@H]4CCS(=O)(=O)C4)C3=O)cc2)cc1. The van der Waals surface area contributed by atoms with E-state index in [2.05, 4.69) is 28.6 Å². The maximum Gasteiger partial charge on any atom is 0.266 e. The Hall–Kier alpha value is -2.99. The average Bonchev–Trinajstić information content (AvgIpc) is 3.72. The van der Waals surface area contributed by atoms with Crippen molar-refractivity contribution < 1.29 is 17.9 Å². The smallest absolute Gasteiger partial charge is 0.266 e. The molecule has 7 nitrogen and oxygen atoms in total. The Bertz CT molecular complexity index is 1580. The van der Waals surface area contributed by atoms with Gasteiger partial charge in [0.15, 0.2) is 9.84 Å². The first-order valence-electron chi connectivity index (χ1n) is 12.4. The molecule has 2 saturated heterocycles. The first-order chi connectivity index (χ1) is 18.8. The van der Waals surface area contributed by atoms with E-state index in [0.29, 0.717) is 15.6 Å². The van der Waals surface area contributed by atoms with E-state index in [-0.39, 0.29) is 29.5 Å². The number of thiophene rings is 1. The van der Waals surface area contributed by atoms with E-state index >= 15 is 0 Å². The number of nitrogens with zero attached hydrogens (tertiary/aromatic N) is 3. The number of carbonyl (C=O) groups excluding carboxylic acids is 1. The number of hydrazone groups is 1. The zero-order valence-corrected chi connectivity index (χ0v) is 24.3. The monoisotopic (exact) mass is 595 g/mol. The van der Waals surface area contributed by atoms with Gasteiger partial charge in [-0.2, -0.15) is 5.10 Å². The third-order valence-corrected chi connectivity index (χ3v) is 11.1. The number of thioether (sulfide) groups is 1. The number of ether oxygens (including phenoxy) is 1. The van der Waals surface area contributed by atoms with E-state index < -0.39 is 9.84 Å². The van der Waals surface area contributed by atoms with Gasteiger partial charge in [-0.1, -0.05) is 54.3 Å². The molecule has 0 aliphatic carbocycles. The van der Waals surface area contributed by atoms with Gasteiger partial charge in [-0.25, -0.2) is 8.42 Å². The van der Waals surface area contributed by atoms with E-state index in [0.717, 1.165) is 39.6 Å². The van der Waals surface area contributed by atoms with Crippen LogP contribution < -0.4 is 9.75 Å². The molecule has 200 valence electrons. The molecule has 3 aliphatic heterocycles. The van der Waals surface area contributed by atoms with Gasteiger partial charge < -0.3 is 4.74 Å². The van der Waals surface area contributed by atoms with E-state index in [4.69, 9.17) is 22.1 Å². The summed E-state index contributed by atoms with van der Waals surface area (Å²) in [5, 5.41) is 9.12. The van der Waals surface area contributed by atoms with Crippen molar-refractivity contribution in [1.82, 2.24) is 4.90 Å². The van der Waals surface area contributed by atoms with Crippen molar-refractivity contribution in [2.75, 3.05) is 23.6 Å². The van der Waals surface area contributed by atoms with Crippen LogP contribution >= 0.6 is 35.3 Å². The van der Waals surface area contributed by atoms with Crippen molar-refractivity contribution in [1.29, 1.82) is 0 Å². The highest BCUT2D eigenvalue weighted by atomic mass is 32.2. The second-order valence-electron chi connectivity index (χ2n) is 9.56. The van der Waals surface area contributed by atoms with Crippen LogP contribution in [0.2, 0.25) is 0 Å². The number of methoxy groups -OCH3 is 1. The summed E-state index contributed by atoms with van der Waals surface area (Å²) < 4.78 is 29.6. The van der Waals surface area contributed by atoms with E-state index in [9.17, 15) is 13.2 Å². The largest absolute Gasteiger partial charge is 0.497 e. The third kappa shape index (κ3) is 5.28. The first-order valence-corrected chi connectivity index (χ1v) is 16.4. The Balaban J connectivity index is 1.25. The highest BCUT2D eigenvalue weighted by molar-refractivity contribution is 8.26. The molecule has 3 aromatic rings. The summed E-state index contributed by atoms with van der Waals surface area (Å²) in [4.78, 5) is 16.3. The fourth-order valence-corrected chi connectivity index (χ4v) is 8.90. The minimum atomic E-state index is -3.12. The third-order valence-electron chi connectivity index (χ3n) is 7.07. The quantitative estimate of drug-likeness (QED) is 0.275. The lowest BCUT2D eigenvalue weighted by Gasteiger charge is -2.24. The zero-order chi connectivity index (χ0) is 27.1. The number of anilines is 1. The molecule has 11 heteroatoms. The Labute approximate surface area is 241 Å². The van der Waals surface area contributed by atoms with E-state index in [1.807, 2.05) is 48.5 Å². The lowest BCUT2D eigenvalue weighted by atomic mass is 10.0. The number of hydrogen-bond donors (Lipinski definition) is 0. The Morgan fingerprint density at radius 1 is 1.10 bits per heavy atom. The topological polar surface area (TPSA) is 79.3 Å². The van der Waals surface area contributed by atoms with Gasteiger partial charge >= 0.3 is 0 Å². The minimum absolute atomic E-state index is 0.0272. The molecule has 2 aromatic carbocycles. The molecule has 2 fully saturated rings. The van der Waals surface area contributed by atoms with Crippen LogP contribution in [-0.4, -0.2) is 53.9 Å². The van der Waals surface area contributed by atoms with Gasteiger partial charge in [0.05, 0.1) is 51.9 Å². The molecule has 1 amide bonds. The summed E-state index contributed by atoms with van der Waals surface area (Å²) in [6, 6.07) is 19.8. The molecule has 39 heavy (non-hydrogen) atoms. The molecule has 4 heterocycles. The second kappa shape index (κ2) is 10.5. The summed E-state index contributed by atoms with van der Waals surface area (Å²) in [7, 11) is -1.46. The fraction of sp³-hybridized carbons (Fsp3) is 0.250. The van der Waals surface area contributed by atoms with E-state index in [1.165, 1.54) is 16.7 Å². The number of hydrogen-bond acceptors (Lipinski definition) is 9. The average molecular weight is 596 g/mol. The van der Waals surface area contributed by atoms with Crippen LogP contribution in [0.15, 0.2) is 76.1 Å². The molecular weight excluding hydrogens is 571 g/mol. The van der Waals surface area contributed by atoms with Crippen LogP contribution in [0.3, 0.4) is 0 Å². The summed E-state index contributed by atoms with van der Waals surface area (Å²) >= 11 is 8.35. The van der Waals surface area contributed by atoms with Crippen molar-refractivity contribution in [2.24, 2.45) is 5.10 Å². The van der Waals surface area contributed by atoms with Crippen LogP contribution in [-0.2, 0) is 14.6 Å². The highest BCUT2D eigenvalue weighted by Gasteiger charge is 2.42. The molecule has 2 atom stereocenters. The van der Waals surface area contributed by atoms with Gasteiger partial charge in [0.2, 0.25) is 0 Å². The molecule has 0 unspecified atom stereocenters. The van der Waals surface area contributed by atoms with Crippen LogP contribution in [0.25, 0.3) is 6.08 Å². The zero-order valence-electron chi connectivity index (χ0n) is 21.0. The molecule has 0 radical (unpaired) electrons. The summed E-state index contributed by atoms with van der Waals surface area (Å²) in [5.74, 6) is 0.660. The number of benzene rings is 2. The van der Waals surface area contributed by atoms with Crippen molar-refractivity contribution in [3.8, 4) is 5.75 Å². The Morgan fingerprint density at radius 3 is 2.51 bits per heavy atom. The van der Waals surface area contributed by atoms with Crippen molar-refractivity contribution in [3.05, 3.63) is 87.0 Å². The predicted octanol–water partition coefficient (Wildman–Crippen LogP) is 5.50. The molecule has 3 aliphatic rings. The number of thiocarbonyl (C=S) groups is 1. The lowest BCUT2D eigenvalue weighted by molar-refractivity contribution is -0.123. The summed E-state index contributed by atoms with van der Waals surface area (Å²) in [6.07, 6.45) is 3.03. The van der Waals surface area contributed by atoms with Crippen LogP contribution in [0.5, 0.6) is 5.75 Å². The van der Waals surface area contributed by atoms with Gasteiger partial charge in [0.1, 0.15) is 10.1 Å². The lowest BCUT2D eigenvalue weighted by Crippen LogP contribution is -2.39. The summed E-state index contributed by atoms with van der Waals surface area (Å²) in [5.41, 5.74) is 4.00. The molecule has 0 spiro atoms. The van der Waals surface area contributed by atoms with Crippen LogP contribution in [0.4, 0.5) is 5.69 Å². The normalized spacial score (nSPS) is 23.6. The number of rotatable bonds is 6. The maximum absolute atomic E-state index is 13.1. The number of sulfone groups is 1. The highest BCUT2D eigenvalue weighted by Crippen LogP contribution is 2.39. The molecule has 0 saturated carbocycles. The van der Waals surface area contributed by atoms with Gasteiger partial charge in [0.25, 0.3) is 5.91 Å². The van der Waals surface area contributed by atoms with Crippen LogP contribution in [0, 0.1) is 0 Å². The van der Waals surface area contributed by atoms with Gasteiger partial charge in [0, 0.05) is 6.42 Å². The Morgan fingerprint density at radius 2 is 1.87 bits per heavy atom.